The van der Waals surface area contributed by atoms with Crippen LogP contribution >= 0.6 is 0 Å². The Bertz CT molecular complexity index is 844. The lowest BCUT2D eigenvalue weighted by atomic mass is 9.76. The number of unbranched alkanes of at least 4 members (excludes halogenated alkanes) is 6. The lowest BCUT2D eigenvalue weighted by Crippen LogP contribution is -2.14. The van der Waals surface area contributed by atoms with Crippen molar-refractivity contribution in [2.45, 2.75) is 110 Å². The number of hydrogen-bond acceptors (Lipinski definition) is 1. The predicted molar refractivity (Wildman–Crippen MR) is 140 cm³/mol. The molecule has 180 valence electrons. The van der Waals surface area contributed by atoms with Gasteiger partial charge in [0, 0.05) is 0 Å². The maximum absolute atomic E-state index is 11.9. The van der Waals surface area contributed by atoms with Crippen molar-refractivity contribution in [2.75, 3.05) is 0 Å². The highest BCUT2D eigenvalue weighted by atomic mass is 16.4. The monoisotopic (exact) mass is 448 g/mol. The third-order valence-corrected chi connectivity index (χ3v) is 7.64. The third-order valence-electron chi connectivity index (χ3n) is 7.64. The van der Waals surface area contributed by atoms with Crippen LogP contribution in [-0.4, -0.2) is 11.1 Å². The Balaban J connectivity index is 1.61. The molecule has 0 spiro atoms. The van der Waals surface area contributed by atoms with Gasteiger partial charge in [0.15, 0.2) is 0 Å². The SMILES string of the molecule is CCCCCCCCC1CCC(c2ccc(C(=O)O)c(-c3ccc(CCCC)cc3)c2)CC1. The van der Waals surface area contributed by atoms with E-state index in [9.17, 15) is 9.90 Å². The molecule has 2 aromatic rings. The predicted octanol–water partition coefficient (Wildman–Crippen LogP) is 9.42. The first kappa shape index (κ1) is 25.5. The molecule has 0 saturated heterocycles. The minimum absolute atomic E-state index is 0.414. The van der Waals surface area contributed by atoms with E-state index in [-0.39, 0.29) is 0 Å². The van der Waals surface area contributed by atoms with Crippen molar-refractivity contribution in [1.82, 2.24) is 0 Å². The molecule has 1 aliphatic carbocycles. The highest BCUT2D eigenvalue weighted by Gasteiger charge is 2.23. The van der Waals surface area contributed by atoms with E-state index in [4.69, 9.17) is 0 Å². The van der Waals surface area contributed by atoms with Crippen LogP contribution in [0, 0.1) is 5.92 Å². The van der Waals surface area contributed by atoms with E-state index in [2.05, 4.69) is 50.2 Å². The quantitative estimate of drug-likeness (QED) is 0.310. The molecule has 1 fully saturated rings. The fraction of sp³-hybridized carbons (Fsp3) is 0.581. The van der Waals surface area contributed by atoms with Crippen molar-refractivity contribution in [3.8, 4) is 11.1 Å². The summed E-state index contributed by atoms with van der Waals surface area (Å²) in [5.41, 5.74) is 4.96. The highest BCUT2D eigenvalue weighted by Crippen LogP contribution is 2.39. The zero-order valence-corrected chi connectivity index (χ0v) is 21.0. The largest absolute Gasteiger partial charge is 0.478 e. The summed E-state index contributed by atoms with van der Waals surface area (Å²) < 4.78 is 0. The van der Waals surface area contributed by atoms with Gasteiger partial charge in [-0.1, -0.05) is 102 Å². The van der Waals surface area contributed by atoms with Gasteiger partial charge < -0.3 is 5.11 Å². The highest BCUT2D eigenvalue weighted by molar-refractivity contribution is 5.96. The maximum Gasteiger partial charge on any atom is 0.336 e. The first-order valence-electron chi connectivity index (χ1n) is 13.6. The molecule has 1 N–H and O–H groups in total. The van der Waals surface area contributed by atoms with Crippen LogP contribution in [0.1, 0.15) is 125 Å². The third kappa shape index (κ3) is 7.73. The van der Waals surface area contributed by atoms with Crippen molar-refractivity contribution in [3.63, 3.8) is 0 Å². The normalized spacial score (nSPS) is 18.4. The number of rotatable bonds is 13. The summed E-state index contributed by atoms with van der Waals surface area (Å²) in [6, 6.07) is 14.6. The van der Waals surface area contributed by atoms with Gasteiger partial charge in [0.1, 0.15) is 0 Å². The molecule has 0 aliphatic heterocycles. The van der Waals surface area contributed by atoms with Gasteiger partial charge in [-0.15, -0.1) is 0 Å². The number of aromatic carboxylic acids is 1. The van der Waals surface area contributed by atoms with Gasteiger partial charge in [0.25, 0.3) is 0 Å². The number of carboxylic acid groups (broad SMARTS) is 1. The van der Waals surface area contributed by atoms with Gasteiger partial charge >= 0.3 is 5.97 Å². The van der Waals surface area contributed by atoms with Crippen molar-refractivity contribution in [1.29, 1.82) is 0 Å². The van der Waals surface area contributed by atoms with Crippen LogP contribution in [0.3, 0.4) is 0 Å². The summed E-state index contributed by atoms with van der Waals surface area (Å²) in [6.45, 7) is 4.49. The molecule has 33 heavy (non-hydrogen) atoms. The second kappa shape index (κ2) is 13.6. The lowest BCUT2D eigenvalue weighted by molar-refractivity contribution is 0.0697. The molecule has 0 radical (unpaired) electrons. The van der Waals surface area contributed by atoms with Crippen LogP contribution < -0.4 is 0 Å². The average molecular weight is 449 g/mol. The first-order valence-corrected chi connectivity index (χ1v) is 13.6. The standard InChI is InChI=1S/C31H44O2/c1-3-5-7-8-9-10-12-25-13-17-26(18-14-25)28-21-22-29(31(32)33)30(23-28)27-19-15-24(16-20-27)11-6-4-2/h15-16,19-23,25-26H,3-14,17-18H2,1-2H3,(H,32,33). The first-order chi connectivity index (χ1) is 16.1. The van der Waals surface area contributed by atoms with E-state index in [0.717, 1.165) is 23.5 Å². The van der Waals surface area contributed by atoms with Crippen molar-refractivity contribution in [3.05, 3.63) is 59.2 Å². The summed E-state index contributed by atoms with van der Waals surface area (Å²) in [5, 5.41) is 9.78. The summed E-state index contributed by atoms with van der Waals surface area (Å²) in [7, 11) is 0. The molecule has 0 heterocycles. The molecule has 0 bridgehead atoms. The molecular weight excluding hydrogens is 404 g/mol. The molecule has 0 aromatic heterocycles. The summed E-state index contributed by atoms with van der Waals surface area (Å²) >= 11 is 0. The average Bonchev–Trinajstić information content (AvgIpc) is 2.85. The van der Waals surface area contributed by atoms with Crippen LogP contribution in [0.5, 0.6) is 0 Å². The second-order valence-corrected chi connectivity index (χ2v) is 10.2. The Morgan fingerprint density at radius 2 is 1.48 bits per heavy atom. The van der Waals surface area contributed by atoms with Crippen LogP contribution in [0.4, 0.5) is 0 Å². The maximum atomic E-state index is 11.9. The molecule has 0 unspecified atom stereocenters. The molecule has 1 saturated carbocycles. The molecule has 0 amide bonds. The van der Waals surface area contributed by atoms with E-state index in [0.29, 0.717) is 11.5 Å². The molecule has 2 nitrogen and oxygen atoms in total. The molecule has 0 atom stereocenters. The lowest BCUT2D eigenvalue weighted by Gasteiger charge is -2.29. The Kier molecular flexibility index (Phi) is 10.5. The smallest absolute Gasteiger partial charge is 0.336 e. The van der Waals surface area contributed by atoms with E-state index < -0.39 is 5.97 Å². The fourth-order valence-corrected chi connectivity index (χ4v) is 5.47. The molecule has 2 heteroatoms. The zero-order chi connectivity index (χ0) is 23.5. The number of aryl methyl sites for hydroxylation is 1. The van der Waals surface area contributed by atoms with E-state index >= 15 is 0 Å². The summed E-state index contributed by atoms with van der Waals surface area (Å²) in [5.74, 6) is 0.617. The van der Waals surface area contributed by atoms with E-state index in [1.807, 2.05) is 6.07 Å². The molecular formula is C31H44O2. The fourth-order valence-electron chi connectivity index (χ4n) is 5.47. The summed E-state index contributed by atoms with van der Waals surface area (Å²) in [4.78, 5) is 11.9. The number of carbonyl (C=O) groups is 1. The van der Waals surface area contributed by atoms with Gasteiger partial charge in [-0.2, -0.15) is 0 Å². The Morgan fingerprint density at radius 3 is 2.15 bits per heavy atom. The number of benzene rings is 2. The van der Waals surface area contributed by atoms with Crippen molar-refractivity contribution >= 4 is 5.97 Å². The summed E-state index contributed by atoms with van der Waals surface area (Å²) in [6.07, 6.45) is 18.3. The van der Waals surface area contributed by atoms with Gasteiger partial charge in [-0.05, 0) is 78.7 Å². The molecule has 2 aromatic carbocycles. The van der Waals surface area contributed by atoms with Gasteiger partial charge in [-0.25, -0.2) is 4.79 Å². The Morgan fingerprint density at radius 1 is 0.818 bits per heavy atom. The van der Waals surface area contributed by atoms with Crippen LogP contribution in [0.15, 0.2) is 42.5 Å². The van der Waals surface area contributed by atoms with Crippen LogP contribution in [0.2, 0.25) is 0 Å². The Labute approximate surface area is 201 Å². The van der Waals surface area contributed by atoms with Crippen molar-refractivity contribution in [2.24, 2.45) is 5.92 Å². The van der Waals surface area contributed by atoms with Crippen LogP contribution in [-0.2, 0) is 6.42 Å². The van der Waals surface area contributed by atoms with Gasteiger partial charge in [-0.3, -0.25) is 0 Å². The zero-order valence-electron chi connectivity index (χ0n) is 21.0. The van der Waals surface area contributed by atoms with Crippen LogP contribution in [0.25, 0.3) is 11.1 Å². The number of hydrogen-bond donors (Lipinski definition) is 1. The van der Waals surface area contributed by atoms with Gasteiger partial charge in [0.05, 0.1) is 5.56 Å². The topological polar surface area (TPSA) is 37.3 Å². The number of carboxylic acids is 1. The van der Waals surface area contributed by atoms with E-state index in [1.165, 1.54) is 94.6 Å². The minimum atomic E-state index is -0.839. The minimum Gasteiger partial charge on any atom is -0.478 e. The van der Waals surface area contributed by atoms with Crippen molar-refractivity contribution < 1.29 is 9.90 Å². The second-order valence-electron chi connectivity index (χ2n) is 10.2. The van der Waals surface area contributed by atoms with Gasteiger partial charge in [0.2, 0.25) is 0 Å². The molecule has 3 rings (SSSR count). The Hall–Kier alpha value is -2.09. The molecule has 1 aliphatic rings. The van der Waals surface area contributed by atoms with E-state index in [1.54, 1.807) is 0 Å².